The Morgan fingerprint density at radius 3 is 1.39 bits per heavy atom. The van der Waals surface area contributed by atoms with E-state index in [0.29, 0.717) is 35.5 Å². The lowest BCUT2D eigenvalue weighted by atomic mass is 9.75. The number of carbonyl (C=O) groups excluding carboxylic acids is 2. The molecule has 0 aromatic rings. The second-order valence-corrected chi connectivity index (χ2v) is 9.94. The van der Waals surface area contributed by atoms with Crippen molar-refractivity contribution in [2.45, 2.75) is 92.3 Å². The normalized spacial score (nSPS) is 34.0. The third-order valence-corrected chi connectivity index (χ3v) is 6.81. The van der Waals surface area contributed by atoms with Gasteiger partial charge in [0, 0.05) is 12.2 Å². The molecule has 0 saturated heterocycles. The quantitative estimate of drug-likeness (QED) is 0.439. The molecule has 0 amide bonds. The van der Waals surface area contributed by atoms with Crippen molar-refractivity contribution >= 4 is 11.9 Å². The van der Waals surface area contributed by atoms with E-state index < -0.39 is 11.9 Å². The van der Waals surface area contributed by atoms with E-state index in [9.17, 15) is 9.59 Å². The van der Waals surface area contributed by atoms with E-state index in [1.54, 1.807) is 0 Å². The number of ether oxygens (including phenoxy) is 2. The highest BCUT2D eigenvalue weighted by Gasteiger charge is 2.34. The van der Waals surface area contributed by atoms with Gasteiger partial charge in [-0.25, -0.2) is 9.59 Å². The van der Waals surface area contributed by atoms with Crippen molar-refractivity contribution in [3.05, 3.63) is 12.2 Å². The van der Waals surface area contributed by atoms with Gasteiger partial charge < -0.3 is 9.47 Å². The van der Waals surface area contributed by atoms with Crippen LogP contribution in [-0.4, -0.2) is 24.1 Å². The van der Waals surface area contributed by atoms with Gasteiger partial charge in [-0.15, -0.1) is 0 Å². The molecule has 28 heavy (non-hydrogen) atoms. The number of rotatable bonds is 6. The predicted octanol–water partition coefficient (Wildman–Crippen LogP) is 5.55. The predicted molar refractivity (Wildman–Crippen MR) is 112 cm³/mol. The molecule has 0 aromatic carbocycles. The van der Waals surface area contributed by atoms with Gasteiger partial charge >= 0.3 is 11.9 Å². The zero-order valence-corrected chi connectivity index (χ0v) is 18.6. The molecule has 4 nitrogen and oxygen atoms in total. The molecular weight excluding hydrogens is 352 g/mol. The molecule has 2 aliphatic carbocycles. The number of hydrogen-bond acceptors (Lipinski definition) is 4. The molecule has 0 aromatic heterocycles. The van der Waals surface area contributed by atoms with Crippen LogP contribution < -0.4 is 0 Å². The van der Waals surface area contributed by atoms with E-state index in [4.69, 9.17) is 9.47 Å². The standard InChI is InChI=1S/C24H40O4/c1-15(2)19-9-7-17(5)13-21(19)27-23(25)11-12-24(26)28-22-14-18(6)8-10-20(22)16(3)4/h11-12,15-22H,7-10,13-14H2,1-6H3/b12-11+/t17-,18-,19-,20-,21-,22-/m1/s1. The first kappa shape index (κ1) is 23.0. The number of carbonyl (C=O) groups is 2. The first-order chi connectivity index (χ1) is 13.2. The maximum atomic E-state index is 12.3. The van der Waals surface area contributed by atoms with Gasteiger partial charge in [0.1, 0.15) is 12.2 Å². The summed E-state index contributed by atoms with van der Waals surface area (Å²) in [5.74, 6) is 2.05. The van der Waals surface area contributed by atoms with Crippen molar-refractivity contribution in [3.8, 4) is 0 Å². The molecule has 0 aliphatic heterocycles. The minimum absolute atomic E-state index is 0.0542. The third kappa shape index (κ3) is 6.63. The van der Waals surface area contributed by atoms with Gasteiger partial charge in [-0.2, -0.15) is 0 Å². The average Bonchev–Trinajstić information content (AvgIpc) is 2.59. The SMILES string of the molecule is CC(C)[C@H]1CC[C@@H](C)C[C@H]1OC(=O)/C=C/C(=O)O[C@@H]1C[C@H](C)CC[C@@H]1C(C)C. The first-order valence-electron chi connectivity index (χ1n) is 11.3. The molecule has 0 spiro atoms. The molecule has 0 unspecified atom stereocenters. The van der Waals surface area contributed by atoms with Crippen LogP contribution in [0, 0.1) is 35.5 Å². The minimum atomic E-state index is -0.431. The molecule has 2 aliphatic rings. The molecule has 0 radical (unpaired) electrons. The van der Waals surface area contributed by atoms with E-state index in [-0.39, 0.29) is 12.2 Å². The fourth-order valence-corrected chi connectivity index (χ4v) is 5.01. The summed E-state index contributed by atoms with van der Waals surface area (Å²) in [4.78, 5) is 24.6. The Bertz CT molecular complexity index is 503. The molecule has 6 atom stereocenters. The molecular formula is C24H40O4. The van der Waals surface area contributed by atoms with E-state index in [1.807, 2.05) is 0 Å². The van der Waals surface area contributed by atoms with Crippen LogP contribution in [0.1, 0.15) is 80.1 Å². The summed E-state index contributed by atoms with van der Waals surface area (Å²) in [5.41, 5.74) is 0. The first-order valence-corrected chi connectivity index (χ1v) is 11.3. The Hall–Kier alpha value is -1.32. The van der Waals surface area contributed by atoms with Crippen molar-refractivity contribution in [2.75, 3.05) is 0 Å². The van der Waals surface area contributed by atoms with Gasteiger partial charge in [0.2, 0.25) is 0 Å². The molecule has 2 saturated carbocycles. The lowest BCUT2D eigenvalue weighted by molar-refractivity contribution is -0.152. The fourth-order valence-electron chi connectivity index (χ4n) is 5.01. The minimum Gasteiger partial charge on any atom is -0.459 e. The van der Waals surface area contributed by atoms with Crippen molar-refractivity contribution in [1.82, 2.24) is 0 Å². The smallest absolute Gasteiger partial charge is 0.331 e. The molecule has 0 N–H and O–H groups in total. The van der Waals surface area contributed by atoms with Crippen LogP contribution in [0.3, 0.4) is 0 Å². The van der Waals surface area contributed by atoms with Crippen LogP contribution in [0.4, 0.5) is 0 Å². The number of hydrogen-bond donors (Lipinski definition) is 0. The topological polar surface area (TPSA) is 52.6 Å². The van der Waals surface area contributed by atoms with Crippen LogP contribution in [-0.2, 0) is 19.1 Å². The van der Waals surface area contributed by atoms with Gasteiger partial charge in [0.25, 0.3) is 0 Å². The summed E-state index contributed by atoms with van der Waals surface area (Å²) in [7, 11) is 0. The van der Waals surface area contributed by atoms with Crippen LogP contribution in [0.2, 0.25) is 0 Å². The third-order valence-electron chi connectivity index (χ3n) is 6.81. The fraction of sp³-hybridized carbons (Fsp3) is 0.833. The Morgan fingerprint density at radius 2 is 1.07 bits per heavy atom. The Labute approximate surface area is 171 Å². The highest BCUT2D eigenvalue weighted by atomic mass is 16.5. The van der Waals surface area contributed by atoms with E-state index in [1.165, 1.54) is 25.0 Å². The Kier molecular flexibility index (Phi) is 8.57. The molecule has 4 heteroatoms. The van der Waals surface area contributed by atoms with E-state index in [0.717, 1.165) is 25.7 Å². The maximum Gasteiger partial charge on any atom is 0.331 e. The second-order valence-electron chi connectivity index (χ2n) is 9.94. The van der Waals surface area contributed by atoms with Crippen molar-refractivity contribution in [1.29, 1.82) is 0 Å². The highest BCUT2D eigenvalue weighted by Crippen LogP contribution is 2.36. The van der Waals surface area contributed by atoms with Crippen LogP contribution in [0.15, 0.2) is 12.2 Å². The summed E-state index contributed by atoms with van der Waals surface area (Å²) in [6.45, 7) is 13.2. The van der Waals surface area contributed by atoms with Crippen LogP contribution in [0.25, 0.3) is 0 Å². The Morgan fingerprint density at radius 1 is 0.714 bits per heavy atom. The second kappa shape index (κ2) is 10.5. The van der Waals surface area contributed by atoms with Crippen molar-refractivity contribution in [3.63, 3.8) is 0 Å². The summed E-state index contributed by atoms with van der Waals surface area (Å²) in [6, 6.07) is 0. The van der Waals surface area contributed by atoms with Crippen LogP contribution in [0.5, 0.6) is 0 Å². The maximum absolute atomic E-state index is 12.3. The van der Waals surface area contributed by atoms with Gasteiger partial charge in [-0.3, -0.25) is 0 Å². The van der Waals surface area contributed by atoms with E-state index in [2.05, 4.69) is 41.5 Å². The lowest BCUT2D eigenvalue weighted by Crippen LogP contribution is -2.36. The molecule has 0 heterocycles. The summed E-state index contributed by atoms with van der Waals surface area (Å²) < 4.78 is 11.4. The summed E-state index contributed by atoms with van der Waals surface area (Å²) >= 11 is 0. The zero-order valence-electron chi connectivity index (χ0n) is 18.6. The van der Waals surface area contributed by atoms with E-state index >= 15 is 0 Å². The van der Waals surface area contributed by atoms with Gasteiger partial charge in [0.05, 0.1) is 0 Å². The molecule has 2 rings (SSSR count). The monoisotopic (exact) mass is 392 g/mol. The van der Waals surface area contributed by atoms with Gasteiger partial charge in [0.15, 0.2) is 0 Å². The average molecular weight is 393 g/mol. The highest BCUT2D eigenvalue weighted by molar-refractivity contribution is 5.91. The van der Waals surface area contributed by atoms with Crippen LogP contribution >= 0.6 is 0 Å². The number of esters is 2. The van der Waals surface area contributed by atoms with Gasteiger partial charge in [-0.05, 0) is 61.2 Å². The zero-order chi connectivity index (χ0) is 20.8. The molecule has 0 bridgehead atoms. The molecule has 2 fully saturated rings. The lowest BCUT2D eigenvalue weighted by Gasteiger charge is -2.36. The summed E-state index contributed by atoms with van der Waals surface area (Å²) in [5, 5.41) is 0. The van der Waals surface area contributed by atoms with Gasteiger partial charge in [-0.1, -0.05) is 54.4 Å². The molecule has 160 valence electrons. The summed E-state index contributed by atoms with van der Waals surface area (Å²) in [6.07, 6.45) is 8.77. The Balaban J connectivity index is 1.89. The largest absolute Gasteiger partial charge is 0.459 e. The van der Waals surface area contributed by atoms with Crippen molar-refractivity contribution < 1.29 is 19.1 Å². The van der Waals surface area contributed by atoms with Crippen molar-refractivity contribution in [2.24, 2.45) is 35.5 Å².